The second kappa shape index (κ2) is 13.9. The molecular formula is C26H31N5O4S. The number of methoxy groups -OCH3 is 2. The highest BCUT2D eigenvalue weighted by molar-refractivity contribution is 7.99. The molecule has 190 valence electrons. The Bertz CT molecular complexity index is 1180. The van der Waals surface area contributed by atoms with Crippen LogP contribution in [0, 0.1) is 0 Å². The predicted molar refractivity (Wildman–Crippen MR) is 140 cm³/mol. The van der Waals surface area contributed by atoms with E-state index in [2.05, 4.69) is 20.8 Å². The molecule has 0 bridgehead atoms. The minimum atomic E-state index is -0.262. The molecular weight excluding hydrogens is 478 g/mol. The highest BCUT2D eigenvalue weighted by atomic mass is 32.2. The predicted octanol–water partition coefficient (Wildman–Crippen LogP) is 3.10. The van der Waals surface area contributed by atoms with Crippen LogP contribution in [-0.2, 0) is 29.1 Å². The lowest BCUT2D eigenvalue weighted by atomic mass is 10.1. The van der Waals surface area contributed by atoms with Gasteiger partial charge in [0, 0.05) is 19.2 Å². The van der Waals surface area contributed by atoms with Crippen molar-refractivity contribution in [3.05, 3.63) is 71.6 Å². The number of hydrogen-bond acceptors (Lipinski definition) is 7. The summed E-state index contributed by atoms with van der Waals surface area (Å²) in [6.07, 6.45) is 3.93. The molecule has 2 N–H and O–H groups in total. The van der Waals surface area contributed by atoms with Crippen LogP contribution >= 0.6 is 11.8 Å². The van der Waals surface area contributed by atoms with Gasteiger partial charge in [0.2, 0.25) is 11.8 Å². The molecule has 1 heterocycles. The van der Waals surface area contributed by atoms with Gasteiger partial charge < -0.3 is 24.7 Å². The molecule has 0 radical (unpaired) electrons. The van der Waals surface area contributed by atoms with Crippen molar-refractivity contribution in [2.45, 2.75) is 31.6 Å². The van der Waals surface area contributed by atoms with Crippen molar-refractivity contribution in [2.75, 3.05) is 26.5 Å². The molecule has 36 heavy (non-hydrogen) atoms. The maximum atomic E-state index is 12.3. The molecule has 1 aromatic heterocycles. The van der Waals surface area contributed by atoms with Crippen LogP contribution in [0.2, 0.25) is 0 Å². The molecule has 2 amide bonds. The lowest BCUT2D eigenvalue weighted by molar-refractivity contribution is -0.118. The Morgan fingerprint density at radius 2 is 1.81 bits per heavy atom. The number of amides is 2. The van der Waals surface area contributed by atoms with E-state index in [1.807, 2.05) is 47.9 Å². The second-order valence-corrected chi connectivity index (χ2v) is 8.63. The number of nitrogens with zero attached hydrogens (tertiary/aromatic N) is 3. The van der Waals surface area contributed by atoms with Gasteiger partial charge in [-0.25, -0.2) is 0 Å². The zero-order chi connectivity index (χ0) is 25.8. The summed E-state index contributed by atoms with van der Waals surface area (Å²) in [5.41, 5.74) is 1.99. The van der Waals surface area contributed by atoms with Gasteiger partial charge in [-0.15, -0.1) is 10.2 Å². The summed E-state index contributed by atoms with van der Waals surface area (Å²) in [5.74, 6) is 1.76. The van der Waals surface area contributed by atoms with Gasteiger partial charge in [0.1, 0.15) is 0 Å². The van der Waals surface area contributed by atoms with E-state index in [0.29, 0.717) is 35.6 Å². The molecule has 0 atom stereocenters. The van der Waals surface area contributed by atoms with Gasteiger partial charge in [-0.1, -0.05) is 48.2 Å². The lowest BCUT2D eigenvalue weighted by Crippen LogP contribution is -2.27. The lowest BCUT2D eigenvalue weighted by Gasteiger charge is -2.08. The quantitative estimate of drug-likeness (QED) is 0.269. The average molecular weight is 510 g/mol. The first-order valence-corrected chi connectivity index (χ1v) is 12.6. The molecule has 0 aliphatic carbocycles. The van der Waals surface area contributed by atoms with Crippen LogP contribution in [0.1, 0.15) is 23.9 Å². The fourth-order valence-electron chi connectivity index (χ4n) is 3.40. The summed E-state index contributed by atoms with van der Waals surface area (Å²) < 4.78 is 12.4. The Balaban J connectivity index is 1.47. The van der Waals surface area contributed by atoms with Crippen LogP contribution < -0.4 is 20.1 Å². The van der Waals surface area contributed by atoms with Crippen molar-refractivity contribution in [3.8, 4) is 11.5 Å². The molecule has 3 aromatic rings. The fourth-order valence-corrected chi connectivity index (χ4v) is 4.25. The zero-order valence-electron chi connectivity index (χ0n) is 20.7. The molecule has 9 nitrogen and oxygen atoms in total. The molecule has 10 heteroatoms. The van der Waals surface area contributed by atoms with Gasteiger partial charge in [-0.05, 0) is 42.7 Å². The van der Waals surface area contributed by atoms with Crippen LogP contribution in [0.15, 0.2) is 59.8 Å². The highest BCUT2D eigenvalue weighted by Crippen LogP contribution is 2.27. The van der Waals surface area contributed by atoms with E-state index >= 15 is 0 Å². The first-order chi connectivity index (χ1) is 17.5. The SMILES string of the molecule is CCn1c(CNC(=O)/C=C/c2ccc(OC)c(OC)c2)nnc1SCC(=O)NCCc1ccccc1. The smallest absolute Gasteiger partial charge is 0.244 e. The summed E-state index contributed by atoms with van der Waals surface area (Å²) in [6.45, 7) is 3.39. The van der Waals surface area contributed by atoms with E-state index in [9.17, 15) is 9.59 Å². The molecule has 0 aliphatic heterocycles. The van der Waals surface area contributed by atoms with Crippen LogP contribution in [0.5, 0.6) is 11.5 Å². The molecule has 0 spiro atoms. The Hall–Kier alpha value is -3.79. The summed E-state index contributed by atoms with van der Waals surface area (Å²) in [5, 5.41) is 14.8. The number of hydrogen-bond donors (Lipinski definition) is 2. The molecule has 0 unspecified atom stereocenters. The number of nitrogens with one attached hydrogen (secondary N) is 2. The standard InChI is InChI=1S/C26H31N5O4S/c1-4-31-23(17-28-24(32)13-11-20-10-12-21(34-2)22(16-20)35-3)29-30-26(31)36-18-25(33)27-15-14-19-8-6-5-7-9-19/h5-13,16H,4,14-15,17-18H2,1-3H3,(H,27,33)(H,28,32)/b13-11+. The van der Waals surface area contributed by atoms with E-state index in [1.165, 1.54) is 23.4 Å². The maximum Gasteiger partial charge on any atom is 0.244 e. The van der Waals surface area contributed by atoms with E-state index in [-0.39, 0.29) is 24.1 Å². The molecule has 2 aromatic carbocycles. The summed E-state index contributed by atoms with van der Waals surface area (Å²) in [7, 11) is 3.13. The topological polar surface area (TPSA) is 107 Å². The van der Waals surface area contributed by atoms with Gasteiger partial charge in [-0.3, -0.25) is 9.59 Å². The third kappa shape index (κ3) is 7.88. The third-order valence-electron chi connectivity index (χ3n) is 5.28. The van der Waals surface area contributed by atoms with Crippen LogP contribution in [0.25, 0.3) is 6.08 Å². The number of rotatable bonds is 13. The van der Waals surface area contributed by atoms with Gasteiger partial charge in [-0.2, -0.15) is 0 Å². The summed E-state index contributed by atoms with van der Waals surface area (Å²) in [4.78, 5) is 24.5. The fraction of sp³-hybridized carbons (Fsp3) is 0.308. The number of carbonyl (C=O) groups is 2. The van der Waals surface area contributed by atoms with E-state index < -0.39 is 0 Å². The van der Waals surface area contributed by atoms with Crippen molar-refractivity contribution in [1.82, 2.24) is 25.4 Å². The van der Waals surface area contributed by atoms with E-state index in [0.717, 1.165) is 12.0 Å². The minimum absolute atomic E-state index is 0.0586. The molecule has 0 saturated carbocycles. The van der Waals surface area contributed by atoms with Crippen molar-refractivity contribution < 1.29 is 19.1 Å². The second-order valence-electron chi connectivity index (χ2n) is 7.68. The van der Waals surface area contributed by atoms with E-state index in [1.54, 1.807) is 32.4 Å². The summed E-state index contributed by atoms with van der Waals surface area (Å²) in [6, 6.07) is 15.4. The van der Waals surface area contributed by atoms with Crippen molar-refractivity contribution in [3.63, 3.8) is 0 Å². The largest absolute Gasteiger partial charge is 0.493 e. The van der Waals surface area contributed by atoms with Gasteiger partial charge >= 0.3 is 0 Å². The first-order valence-electron chi connectivity index (χ1n) is 11.6. The van der Waals surface area contributed by atoms with Crippen molar-refractivity contribution in [2.24, 2.45) is 0 Å². The number of ether oxygens (including phenoxy) is 2. The maximum absolute atomic E-state index is 12.3. The van der Waals surface area contributed by atoms with Gasteiger partial charge in [0.25, 0.3) is 0 Å². The van der Waals surface area contributed by atoms with Crippen molar-refractivity contribution in [1.29, 1.82) is 0 Å². The molecule has 0 saturated heterocycles. The third-order valence-corrected chi connectivity index (χ3v) is 6.24. The van der Waals surface area contributed by atoms with Gasteiger partial charge in [0.05, 0.1) is 26.5 Å². The number of aromatic nitrogens is 3. The average Bonchev–Trinajstić information content (AvgIpc) is 3.31. The first kappa shape index (κ1) is 26.8. The highest BCUT2D eigenvalue weighted by Gasteiger charge is 2.13. The monoisotopic (exact) mass is 509 g/mol. The summed E-state index contributed by atoms with van der Waals surface area (Å²) >= 11 is 1.32. The normalized spacial score (nSPS) is 10.9. The van der Waals surface area contributed by atoms with Crippen LogP contribution in [0.4, 0.5) is 0 Å². The zero-order valence-corrected chi connectivity index (χ0v) is 21.5. The van der Waals surface area contributed by atoms with Crippen LogP contribution in [-0.4, -0.2) is 53.1 Å². The number of thioether (sulfide) groups is 1. The van der Waals surface area contributed by atoms with Crippen molar-refractivity contribution >= 4 is 29.7 Å². The van der Waals surface area contributed by atoms with Gasteiger partial charge in [0.15, 0.2) is 22.5 Å². The van der Waals surface area contributed by atoms with Crippen LogP contribution in [0.3, 0.4) is 0 Å². The Kier molecular flexibility index (Phi) is 10.4. The number of benzene rings is 2. The Morgan fingerprint density at radius 1 is 1.03 bits per heavy atom. The number of carbonyl (C=O) groups excluding carboxylic acids is 2. The van der Waals surface area contributed by atoms with E-state index in [4.69, 9.17) is 9.47 Å². The Morgan fingerprint density at radius 3 is 2.53 bits per heavy atom. The molecule has 0 aliphatic rings. The molecule has 0 fully saturated rings. The minimum Gasteiger partial charge on any atom is -0.493 e. The molecule has 3 rings (SSSR count). The Labute approximate surface area is 215 Å².